The number of rotatable bonds is 7. The summed E-state index contributed by atoms with van der Waals surface area (Å²) in [6.07, 6.45) is 3.32. The van der Waals surface area contributed by atoms with E-state index in [0.29, 0.717) is 24.5 Å². The van der Waals surface area contributed by atoms with Crippen LogP contribution in [0.3, 0.4) is 0 Å². The molecule has 0 spiro atoms. The predicted octanol–water partition coefficient (Wildman–Crippen LogP) is 3.24. The van der Waals surface area contributed by atoms with Crippen LogP contribution in [0.1, 0.15) is 47.3 Å². The summed E-state index contributed by atoms with van der Waals surface area (Å²) in [4.78, 5) is 42.6. The third-order valence-electron chi connectivity index (χ3n) is 6.87. The Morgan fingerprint density at radius 3 is 2.45 bits per heavy atom. The first-order chi connectivity index (χ1) is 19.2. The zero-order valence-corrected chi connectivity index (χ0v) is 23.4. The molecule has 40 heavy (non-hydrogen) atoms. The van der Waals surface area contributed by atoms with Crippen molar-refractivity contribution in [2.45, 2.75) is 39.4 Å². The number of aromatic nitrogens is 6. The summed E-state index contributed by atoms with van der Waals surface area (Å²) in [7, 11) is 5.22. The molecule has 0 aliphatic carbocycles. The Morgan fingerprint density at radius 1 is 1.05 bits per heavy atom. The van der Waals surface area contributed by atoms with Crippen molar-refractivity contribution in [2.24, 2.45) is 7.05 Å². The number of hydrogen-bond donors (Lipinski definition) is 2. The van der Waals surface area contributed by atoms with Crippen molar-refractivity contribution >= 4 is 23.4 Å². The van der Waals surface area contributed by atoms with E-state index in [1.165, 1.54) is 11.2 Å². The molecule has 12 heteroatoms. The van der Waals surface area contributed by atoms with Gasteiger partial charge in [-0.3, -0.25) is 4.79 Å². The van der Waals surface area contributed by atoms with Gasteiger partial charge in [-0.2, -0.15) is 5.10 Å². The average molecular weight is 543 g/mol. The van der Waals surface area contributed by atoms with E-state index in [2.05, 4.69) is 49.0 Å². The lowest BCUT2D eigenvalue weighted by atomic mass is 10.2. The predicted molar refractivity (Wildman–Crippen MR) is 152 cm³/mol. The standard InChI is InChI=1S/C28H34N10O2/c1-18(2)25-34-24(27(39)30-14-19-6-9-21(10-7-19)33-28(40)35(3)4)22-16-37(12-13-38(22)25)23-11-8-20(15-29-23)26-31-17-32-36(26)5/h6-11,15,17-18H,12-14,16H2,1-5H3,(H,30,39)(H,33,40). The second-order valence-electron chi connectivity index (χ2n) is 10.3. The van der Waals surface area contributed by atoms with Crippen LogP contribution in [-0.4, -0.2) is 66.8 Å². The van der Waals surface area contributed by atoms with Crippen molar-refractivity contribution in [1.82, 2.24) is 39.5 Å². The number of aryl methyl sites for hydroxylation is 1. The summed E-state index contributed by atoms with van der Waals surface area (Å²) in [5.74, 6) is 2.46. The monoisotopic (exact) mass is 542 g/mol. The Labute approximate surface area is 233 Å². The molecule has 4 heterocycles. The normalized spacial score (nSPS) is 12.8. The molecular formula is C28H34N10O2. The molecular weight excluding hydrogens is 508 g/mol. The number of nitrogens with one attached hydrogen (secondary N) is 2. The summed E-state index contributed by atoms with van der Waals surface area (Å²) in [6, 6.07) is 11.2. The number of nitrogens with zero attached hydrogens (tertiary/aromatic N) is 8. The summed E-state index contributed by atoms with van der Waals surface area (Å²) >= 11 is 0. The van der Waals surface area contributed by atoms with Gasteiger partial charge in [-0.1, -0.05) is 26.0 Å². The highest BCUT2D eigenvalue weighted by Crippen LogP contribution is 2.27. The molecule has 0 fully saturated rings. The molecule has 0 atom stereocenters. The van der Waals surface area contributed by atoms with E-state index >= 15 is 0 Å². The summed E-state index contributed by atoms with van der Waals surface area (Å²) in [5, 5.41) is 9.96. The van der Waals surface area contributed by atoms with E-state index in [0.717, 1.165) is 47.4 Å². The van der Waals surface area contributed by atoms with Crippen molar-refractivity contribution in [3.8, 4) is 11.4 Å². The van der Waals surface area contributed by atoms with Crippen LogP contribution in [0.15, 0.2) is 48.9 Å². The van der Waals surface area contributed by atoms with E-state index < -0.39 is 0 Å². The second-order valence-corrected chi connectivity index (χ2v) is 10.3. The molecule has 0 radical (unpaired) electrons. The van der Waals surface area contributed by atoms with Crippen molar-refractivity contribution in [1.29, 1.82) is 0 Å². The van der Waals surface area contributed by atoms with E-state index in [-0.39, 0.29) is 17.9 Å². The van der Waals surface area contributed by atoms with E-state index in [1.807, 2.05) is 43.4 Å². The lowest BCUT2D eigenvalue weighted by Gasteiger charge is -2.30. The minimum Gasteiger partial charge on any atom is -0.349 e. The quantitative estimate of drug-likeness (QED) is 0.367. The number of carbonyl (C=O) groups excluding carboxylic acids is 2. The van der Waals surface area contributed by atoms with Gasteiger partial charge >= 0.3 is 6.03 Å². The maximum Gasteiger partial charge on any atom is 0.321 e. The molecule has 0 unspecified atom stereocenters. The zero-order valence-electron chi connectivity index (χ0n) is 23.4. The van der Waals surface area contributed by atoms with Gasteiger partial charge in [0, 0.05) is 64.1 Å². The van der Waals surface area contributed by atoms with Gasteiger partial charge in [0.25, 0.3) is 5.91 Å². The van der Waals surface area contributed by atoms with E-state index in [9.17, 15) is 9.59 Å². The molecule has 3 amide bonds. The fourth-order valence-electron chi connectivity index (χ4n) is 4.68. The Balaban J connectivity index is 1.30. The van der Waals surface area contributed by atoms with Gasteiger partial charge in [0.1, 0.15) is 18.0 Å². The number of anilines is 2. The maximum absolute atomic E-state index is 13.4. The van der Waals surface area contributed by atoms with Crippen LogP contribution in [0.2, 0.25) is 0 Å². The van der Waals surface area contributed by atoms with Gasteiger partial charge in [0.05, 0.1) is 12.2 Å². The fraction of sp³-hybridized carbons (Fsp3) is 0.357. The lowest BCUT2D eigenvalue weighted by molar-refractivity contribution is 0.0945. The van der Waals surface area contributed by atoms with Crippen molar-refractivity contribution < 1.29 is 9.59 Å². The smallest absolute Gasteiger partial charge is 0.321 e. The fourth-order valence-corrected chi connectivity index (χ4v) is 4.68. The van der Waals surface area contributed by atoms with Crippen molar-refractivity contribution in [2.75, 3.05) is 30.9 Å². The summed E-state index contributed by atoms with van der Waals surface area (Å²) < 4.78 is 3.89. The minimum atomic E-state index is -0.215. The van der Waals surface area contributed by atoms with Crippen LogP contribution in [0.5, 0.6) is 0 Å². The number of benzene rings is 1. The van der Waals surface area contributed by atoms with Crippen LogP contribution in [-0.2, 0) is 26.7 Å². The Morgan fingerprint density at radius 2 is 1.82 bits per heavy atom. The molecule has 1 aromatic carbocycles. The number of fused-ring (bicyclic) bond motifs is 1. The molecule has 1 aliphatic rings. The highest BCUT2D eigenvalue weighted by Gasteiger charge is 2.29. The minimum absolute atomic E-state index is 0.181. The first-order valence-corrected chi connectivity index (χ1v) is 13.2. The lowest BCUT2D eigenvalue weighted by Crippen LogP contribution is -2.36. The number of imidazole rings is 1. The third kappa shape index (κ3) is 5.51. The van der Waals surface area contributed by atoms with Crippen LogP contribution >= 0.6 is 0 Å². The number of pyridine rings is 1. The Bertz CT molecular complexity index is 1500. The van der Waals surface area contributed by atoms with Crippen molar-refractivity contribution in [3.05, 3.63) is 71.7 Å². The van der Waals surface area contributed by atoms with Crippen LogP contribution in [0.25, 0.3) is 11.4 Å². The van der Waals surface area contributed by atoms with Crippen LogP contribution in [0.4, 0.5) is 16.3 Å². The second kappa shape index (κ2) is 11.2. The first kappa shape index (κ1) is 26.9. The molecule has 2 N–H and O–H groups in total. The number of carbonyl (C=O) groups is 2. The number of hydrogen-bond acceptors (Lipinski definition) is 7. The van der Waals surface area contributed by atoms with Crippen LogP contribution in [0, 0.1) is 0 Å². The average Bonchev–Trinajstić information content (AvgIpc) is 3.56. The molecule has 3 aromatic heterocycles. The van der Waals surface area contributed by atoms with Gasteiger partial charge in [-0.15, -0.1) is 0 Å². The van der Waals surface area contributed by atoms with E-state index in [1.54, 1.807) is 25.0 Å². The molecule has 208 valence electrons. The topological polar surface area (TPSA) is 126 Å². The number of amides is 3. The molecule has 5 rings (SSSR count). The summed E-state index contributed by atoms with van der Waals surface area (Å²) in [6.45, 7) is 6.53. The largest absolute Gasteiger partial charge is 0.349 e. The van der Waals surface area contributed by atoms with E-state index in [4.69, 9.17) is 4.98 Å². The third-order valence-corrected chi connectivity index (χ3v) is 6.87. The SMILES string of the molecule is CC(C)c1nc(C(=O)NCc2ccc(NC(=O)N(C)C)cc2)c2n1CCN(c1ccc(-c3ncnn3C)cn1)C2. The molecule has 0 bridgehead atoms. The Hall–Kier alpha value is -4.74. The highest BCUT2D eigenvalue weighted by atomic mass is 16.2. The first-order valence-electron chi connectivity index (χ1n) is 13.2. The van der Waals surface area contributed by atoms with Gasteiger partial charge in [0.15, 0.2) is 11.5 Å². The molecule has 12 nitrogen and oxygen atoms in total. The Kier molecular flexibility index (Phi) is 7.50. The van der Waals surface area contributed by atoms with Gasteiger partial charge in [-0.05, 0) is 29.8 Å². The molecule has 1 aliphatic heterocycles. The summed E-state index contributed by atoms with van der Waals surface area (Å²) in [5.41, 5.74) is 3.83. The molecule has 0 saturated carbocycles. The van der Waals surface area contributed by atoms with Gasteiger partial charge < -0.3 is 25.0 Å². The zero-order chi connectivity index (χ0) is 28.4. The molecule has 4 aromatic rings. The highest BCUT2D eigenvalue weighted by molar-refractivity contribution is 5.93. The van der Waals surface area contributed by atoms with Gasteiger partial charge in [-0.25, -0.2) is 24.4 Å². The maximum atomic E-state index is 13.4. The van der Waals surface area contributed by atoms with Gasteiger partial charge in [0.2, 0.25) is 0 Å². The number of urea groups is 1. The van der Waals surface area contributed by atoms with Crippen molar-refractivity contribution in [3.63, 3.8) is 0 Å². The van der Waals surface area contributed by atoms with Crippen LogP contribution < -0.4 is 15.5 Å². The molecule has 0 saturated heterocycles.